The van der Waals surface area contributed by atoms with Crippen LogP contribution in [0.1, 0.15) is 34.5 Å². The number of carbonyl (C=O) groups is 1. The molecule has 128 valence electrons. The van der Waals surface area contributed by atoms with Crippen molar-refractivity contribution in [3.05, 3.63) is 53.5 Å². The smallest absolute Gasteiger partial charge is 0.372 e. The number of carboxylic acids is 1. The quantitative estimate of drug-likeness (QED) is 0.673. The lowest BCUT2D eigenvalue weighted by molar-refractivity contribution is 0.0660. The third-order valence-corrected chi connectivity index (χ3v) is 5.61. The van der Waals surface area contributed by atoms with Gasteiger partial charge in [0, 0.05) is 24.3 Å². The number of sulfonamides is 1. The second-order valence-corrected chi connectivity index (χ2v) is 7.69. The molecule has 3 N–H and O–H groups in total. The van der Waals surface area contributed by atoms with Crippen molar-refractivity contribution in [3.8, 4) is 0 Å². The van der Waals surface area contributed by atoms with Gasteiger partial charge in [0.2, 0.25) is 15.8 Å². The molecule has 24 heavy (non-hydrogen) atoms. The Labute approximate surface area is 139 Å². The van der Waals surface area contributed by atoms with E-state index in [9.17, 15) is 13.2 Å². The van der Waals surface area contributed by atoms with Crippen LogP contribution in [0.2, 0.25) is 0 Å². The lowest BCUT2D eigenvalue weighted by Gasteiger charge is -2.09. The maximum absolute atomic E-state index is 12.0. The molecule has 2 aromatic rings. The summed E-state index contributed by atoms with van der Waals surface area (Å²) in [7, 11) is -3.28. The second-order valence-electron chi connectivity index (χ2n) is 5.73. The average molecular weight is 350 g/mol. The van der Waals surface area contributed by atoms with Gasteiger partial charge in [0.1, 0.15) is 0 Å². The van der Waals surface area contributed by atoms with E-state index in [-0.39, 0.29) is 11.0 Å². The zero-order valence-electron chi connectivity index (χ0n) is 12.9. The number of hydrogen-bond acceptors (Lipinski definition) is 5. The van der Waals surface area contributed by atoms with Crippen LogP contribution in [0.3, 0.4) is 0 Å². The molecule has 0 bridgehead atoms. The van der Waals surface area contributed by atoms with Crippen molar-refractivity contribution in [1.29, 1.82) is 0 Å². The Morgan fingerprint density at radius 1 is 1.25 bits per heavy atom. The summed E-state index contributed by atoms with van der Waals surface area (Å²) in [6, 6.07) is 8.73. The minimum absolute atomic E-state index is 0.0755. The molecular formula is C16H18N2O5S. The van der Waals surface area contributed by atoms with Crippen LogP contribution >= 0.6 is 0 Å². The van der Waals surface area contributed by atoms with Gasteiger partial charge in [-0.15, -0.1) is 0 Å². The fourth-order valence-corrected chi connectivity index (χ4v) is 3.75. The number of benzene rings is 1. The molecule has 1 aliphatic rings. The maximum Gasteiger partial charge on any atom is 0.372 e. The molecule has 0 amide bonds. The lowest BCUT2D eigenvalue weighted by Crippen LogP contribution is -2.18. The van der Waals surface area contributed by atoms with Crippen molar-refractivity contribution in [3.63, 3.8) is 0 Å². The molecule has 1 fully saturated rings. The van der Waals surface area contributed by atoms with E-state index in [1.165, 1.54) is 6.26 Å². The van der Waals surface area contributed by atoms with E-state index in [0.29, 0.717) is 37.2 Å². The average Bonchev–Trinajstić information content (AvgIpc) is 3.28. The van der Waals surface area contributed by atoms with Gasteiger partial charge in [-0.05, 0) is 36.6 Å². The van der Waals surface area contributed by atoms with Gasteiger partial charge >= 0.3 is 5.97 Å². The summed E-state index contributed by atoms with van der Waals surface area (Å²) in [4.78, 5) is 11.0. The molecule has 1 aromatic carbocycles. The predicted molar refractivity (Wildman–Crippen MR) is 88.2 cm³/mol. The molecule has 1 aromatic heterocycles. The van der Waals surface area contributed by atoms with E-state index in [1.807, 2.05) is 6.07 Å². The topological polar surface area (TPSA) is 109 Å². The Kier molecular flexibility index (Phi) is 4.59. The standard InChI is InChI=1S/C16H18N2O5S/c19-16(20)15-12(6-7-23-15)10-17-9-11-2-1-3-13(8-11)18-24(21,22)14-4-5-14/h1-3,6-8,14,17-18H,4-5,9-10H2,(H,19,20). The second kappa shape index (κ2) is 6.66. The highest BCUT2D eigenvalue weighted by Crippen LogP contribution is 2.29. The normalized spacial score (nSPS) is 14.5. The third-order valence-electron chi connectivity index (χ3n) is 3.74. The minimum Gasteiger partial charge on any atom is -0.475 e. The van der Waals surface area contributed by atoms with E-state index in [1.54, 1.807) is 24.3 Å². The van der Waals surface area contributed by atoms with E-state index in [4.69, 9.17) is 9.52 Å². The number of nitrogens with one attached hydrogen (secondary N) is 2. The van der Waals surface area contributed by atoms with Gasteiger partial charge in [0.05, 0.1) is 11.5 Å². The van der Waals surface area contributed by atoms with Crippen molar-refractivity contribution >= 4 is 21.7 Å². The van der Waals surface area contributed by atoms with Crippen molar-refractivity contribution < 1.29 is 22.7 Å². The van der Waals surface area contributed by atoms with Crippen LogP contribution in [0.5, 0.6) is 0 Å². The Morgan fingerprint density at radius 2 is 2.04 bits per heavy atom. The molecule has 0 spiro atoms. The van der Waals surface area contributed by atoms with E-state index < -0.39 is 16.0 Å². The van der Waals surface area contributed by atoms with Crippen LogP contribution < -0.4 is 10.0 Å². The Bertz CT molecular complexity index is 840. The van der Waals surface area contributed by atoms with Gasteiger partial charge in [0.15, 0.2) is 0 Å². The van der Waals surface area contributed by atoms with Crippen LogP contribution in [0.15, 0.2) is 41.0 Å². The van der Waals surface area contributed by atoms with Crippen LogP contribution in [-0.2, 0) is 23.1 Å². The summed E-state index contributed by atoms with van der Waals surface area (Å²) in [5, 5.41) is 11.8. The van der Waals surface area contributed by atoms with Gasteiger partial charge in [-0.1, -0.05) is 12.1 Å². The summed E-state index contributed by atoms with van der Waals surface area (Å²) in [6.07, 6.45) is 2.77. The predicted octanol–water partition coefficient (Wildman–Crippen LogP) is 2.17. The fourth-order valence-electron chi connectivity index (χ4n) is 2.37. The first kappa shape index (κ1) is 16.5. The SMILES string of the molecule is O=C(O)c1occc1CNCc1cccc(NS(=O)(=O)C2CC2)c1. The summed E-state index contributed by atoms with van der Waals surface area (Å²) in [5.41, 5.74) is 2.00. The molecule has 8 heteroatoms. The van der Waals surface area contributed by atoms with Gasteiger partial charge in [0.25, 0.3) is 0 Å². The van der Waals surface area contributed by atoms with Crippen molar-refractivity contribution in [1.82, 2.24) is 5.32 Å². The molecule has 1 saturated carbocycles. The van der Waals surface area contributed by atoms with Crippen molar-refractivity contribution in [2.45, 2.75) is 31.2 Å². The van der Waals surface area contributed by atoms with Crippen molar-refractivity contribution in [2.24, 2.45) is 0 Å². The molecule has 7 nitrogen and oxygen atoms in total. The first-order chi connectivity index (χ1) is 11.5. The van der Waals surface area contributed by atoms with Crippen LogP contribution in [0, 0.1) is 0 Å². The highest BCUT2D eigenvalue weighted by atomic mass is 32.2. The maximum atomic E-state index is 12.0. The molecule has 0 radical (unpaired) electrons. The van der Waals surface area contributed by atoms with Crippen LogP contribution in [-0.4, -0.2) is 24.7 Å². The van der Waals surface area contributed by atoms with E-state index in [0.717, 1.165) is 5.56 Å². The highest BCUT2D eigenvalue weighted by Gasteiger charge is 2.35. The molecule has 0 unspecified atom stereocenters. The first-order valence-corrected chi connectivity index (χ1v) is 9.11. The Balaban J connectivity index is 1.58. The molecular weight excluding hydrogens is 332 g/mol. The zero-order valence-corrected chi connectivity index (χ0v) is 13.7. The van der Waals surface area contributed by atoms with Crippen molar-refractivity contribution in [2.75, 3.05) is 4.72 Å². The largest absolute Gasteiger partial charge is 0.475 e. The zero-order chi connectivity index (χ0) is 17.2. The number of rotatable bonds is 8. The monoisotopic (exact) mass is 350 g/mol. The molecule has 0 atom stereocenters. The lowest BCUT2D eigenvalue weighted by atomic mass is 10.2. The summed E-state index contributed by atoms with van der Waals surface area (Å²) < 4.78 is 31.4. The third kappa shape index (κ3) is 3.95. The highest BCUT2D eigenvalue weighted by molar-refractivity contribution is 7.93. The van der Waals surface area contributed by atoms with E-state index in [2.05, 4.69) is 10.0 Å². The number of carboxylic acid groups (broad SMARTS) is 1. The molecule has 0 aliphatic heterocycles. The van der Waals surface area contributed by atoms with Crippen LogP contribution in [0.25, 0.3) is 0 Å². The first-order valence-electron chi connectivity index (χ1n) is 7.56. The molecule has 3 rings (SSSR count). The van der Waals surface area contributed by atoms with Gasteiger partial charge in [-0.2, -0.15) is 0 Å². The van der Waals surface area contributed by atoms with Gasteiger partial charge < -0.3 is 14.8 Å². The summed E-state index contributed by atoms with van der Waals surface area (Å²) in [5.74, 6) is -1.18. The summed E-state index contributed by atoms with van der Waals surface area (Å²) in [6.45, 7) is 0.819. The molecule has 1 heterocycles. The Hall–Kier alpha value is -2.32. The Morgan fingerprint density at radius 3 is 2.75 bits per heavy atom. The number of furan rings is 1. The number of hydrogen-bond donors (Lipinski definition) is 3. The summed E-state index contributed by atoms with van der Waals surface area (Å²) >= 11 is 0. The number of anilines is 1. The van der Waals surface area contributed by atoms with Gasteiger partial charge in [-0.25, -0.2) is 13.2 Å². The minimum atomic E-state index is -3.28. The van der Waals surface area contributed by atoms with Crippen LogP contribution in [0.4, 0.5) is 5.69 Å². The fraction of sp³-hybridized carbons (Fsp3) is 0.312. The van der Waals surface area contributed by atoms with E-state index >= 15 is 0 Å². The molecule has 0 saturated heterocycles. The molecule has 1 aliphatic carbocycles. The number of aromatic carboxylic acids is 1. The van der Waals surface area contributed by atoms with Gasteiger partial charge in [-0.3, -0.25) is 4.72 Å².